The van der Waals surface area contributed by atoms with E-state index in [2.05, 4.69) is 32.6 Å². The fourth-order valence-corrected chi connectivity index (χ4v) is 2.98. The van der Waals surface area contributed by atoms with E-state index >= 15 is 0 Å². The van der Waals surface area contributed by atoms with Crippen molar-refractivity contribution < 1.29 is 19.4 Å². The number of carbonyl (C=O) groups is 1. The van der Waals surface area contributed by atoms with Crippen LogP contribution in [-0.4, -0.2) is 34.8 Å². The minimum absolute atomic E-state index is 0.412. The van der Waals surface area contributed by atoms with Gasteiger partial charge in [0.25, 0.3) is 0 Å². The molecule has 3 rings (SSSR count). The second-order valence-electron chi connectivity index (χ2n) is 4.77. The number of hydrogen-bond donors (Lipinski definition) is 2. The summed E-state index contributed by atoms with van der Waals surface area (Å²) < 4.78 is 11.4. The van der Waals surface area contributed by atoms with E-state index in [1.807, 2.05) is 30.3 Å². The molecule has 0 atom stereocenters. The zero-order valence-corrected chi connectivity index (χ0v) is 14.3. The zero-order chi connectivity index (χ0) is 16.4. The van der Waals surface area contributed by atoms with Crippen LogP contribution in [0.5, 0.6) is 11.5 Å². The summed E-state index contributed by atoms with van der Waals surface area (Å²) in [5, 5.41) is 8.76. The third-order valence-electron chi connectivity index (χ3n) is 3.23. The number of aromatic amines is 1. The molecule has 0 aliphatic carbocycles. The van der Waals surface area contributed by atoms with Gasteiger partial charge in [0, 0.05) is 5.56 Å². The van der Waals surface area contributed by atoms with Gasteiger partial charge in [-0.1, -0.05) is 12.1 Å². The normalized spacial score (nSPS) is 10.7. The number of imidazole rings is 1. The summed E-state index contributed by atoms with van der Waals surface area (Å²) in [6, 6.07) is 11.4. The van der Waals surface area contributed by atoms with Crippen LogP contribution in [-0.2, 0) is 4.79 Å². The number of aromatic nitrogens is 2. The predicted octanol–water partition coefficient (Wildman–Crippen LogP) is 3.31. The number of aliphatic carboxylic acids is 1. The molecule has 23 heavy (non-hydrogen) atoms. The van der Waals surface area contributed by atoms with Gasteiger partial charge < -0.3 is 19.6 Å². The molecule has 6 nitrogen and oxygen atoms in total. The maximum absolute atomic E-state index is 10.7. The van der Waals surface area contributed by atoms with Gasteiger partial charge >= 0.3 is 5.97 Å². The number of fused-ring (bicyclic) bond motifs is 1. The number of nitrogens with zero attached hydrogens (tertiary/aromatic N) is 1. The molecule has 118 valence electrons. The Balaban J connectivity index is 2.03. The van der Waals surface area contributed by atoms with Gasteiger partial charge in [0.05, 0.1) is 21.7 Å². The van der Waals surface area contributed by atoms with Crippen molar-refractivity contribution in [3.63, 3.8) is 0 Å². The van der Waals surface area contributed by atoms with Crippen molar-refractivity contribution in [1.82, 2.24) is 9.97 Å². The monoisotopic (exact) mass is 424 g/mol. The lowest BCUT2D eigenvalue weighted by molar-refractivity contribution is -0.139. The molecule has 0 unspecified atom stereocenters. The molecule has 0 bridgehead atoms. The van der Waals surface area contributed by atoms with E-state index in [9.17, 15) is 4.79 Å². The molecule has 7 heteroatoms. The Morgan fingerprint density at radius 2 is 2.13 bits per heavy atom. The van der Waals surface area contributed by atoms with E-state index in [1.165, 1.54) is 7.11 Å². The maximum Gasteiger partial charge on any atom is 0.341 e. The van der Waals surface area contributed by atoms with E-state index in [0.29, 0.717) is 17.3 Å². The average molecular weight is 424 g/mol. The first-order valence-electron chi connectivity index (χ1n) is 6.75. The molecule has 1 heterocycles. The summed E-state index contributed by atoms with van der Waals surface area (Å²) in [4.78, 5) is 18.5. The number of rotatable bonds is 5. The van der Waals surface area contributed by atoms with Crippen LogP contribution in [0.25, 0.3) is 22.4 Å². The van der Waals surface area contributed by atoms with Crippen molar-refractivity contribution in [1.29, 1.82) is 0 Å². The molecule has 0 saturated heterocycles. The Morgan fingerprint density at radius 3 is 2.83 bits per heavy atom. The topological polar surface area (TPSA) is 84.4 Å². The van der Waals surface area contributed by atoms with Gasteiger partial charge in [0.15, 0.2) is 18.1 Å². The summed E-state index contributed by atoms with van der Waals surface area (Å²) in [5.74, 6) is 0.556. The first kappa shape index (κ1) is 15.6. The number of para-hydroxylation sites is 2. The standard InChI is InChI=1S/C16H13IN2O4/c1-22-13-7-9(6-10(17)15(13)23-8-14(20)21)16-18-11-4-2-3-5-12(11)19-16/h2-7H,8H2,1H3,(H,18,19)(H,20,21). The number of halogens is 1. The SMILES string of the molecule is COc1cc(-c2nc3ccccc3[nH]2)cc(I)c1OCC(=O)O. The molecule has 0 amide bonds. The molecule has 1 aromatic heterocycles. The number of ether oxygens (including phenoxy) is 2. The van der Waals surface area contributed by atoms with E-state index in [0.717, 1.165) is 20.2 Å². The third kappa shape index (κ3) is 3.24. The molecule has 0 spiro atoms. The molecule has 0 fully saturated rings. The largest absolute Gasteiger partial charge is 0.493 e. The second kappa shape index (κ2) is 6.45. The molecular formula is C16H13IN2O4. The van der Waals surface area contributed by atoms with E-state index in [-0.39, 0.29) is 0 Å². The molecule has 0 aliphatic rings. The van der Waals surface area contributed by atoms with E-state index in [1.54, 1.807) is 6.07 Å². The van der Waals surface area contributed by atoms with Crippen molar-refractivity contribution in [3.8, 4) is 22.9 Å². The number of benzene rings is 2. The van der Waals surface area contributed by atoms with Crippen LogP contribution in [0.15, 0.2) is 36.4 Å². The Hall–Kier alpha value is -2.29. The molecule has 0 saturated carbocycles. The van der Waals surface area contributed by atoms with Crippen LogP contribution >= 0.6 is 22.6 Å². The van der Waals surface area contributed by atoms with Crippen molar-refractivity contribution in [3.05, 3.63) is 40.0 Å². The van der Waals surface area contributed by atoms with Crippen molar-refractivity contribution in [2.75, 3.05) is 13.7 Å². The second-order valence-corrected chi connectivity index (χ2v) is 5.94. The number of carboxylic acid groups (broad SMARTS) is 1. The highest BCUT2D eigenvalue weighted by atomic mass is 127. The highest BCUT2D eigenvalue weighted by Gasteiger charge is 2.15. The predicted molar refractivity (Wildman–Crippen MR) is 93.9 cm³/mol. The molecule has 0 aliphatic heterocycles. The minimum atomic E-state index is -1.04. The Kier molecular flexibility index (Phi) is 4.37. The fraction of sp³-hybridized carbons (Fsp3) is 0.125. The first-order valence-corrected chi connectivity index (χ1v) is 7.83. The smallest absolute Gasteiger partial charge is 0.341 e. The lowest BCUT2D eigenvalue weighted by Gasteiger charge is -2.12. The summed E-state index contributed by atoms with van der Waals surface area (Å²) in [6.07, 6.45) is 0. The van der Waals surface area contributed by atoms with Crippen LogP contribution in [0.4, 0.5) is 0 Å². The summed E-state index contributed by atoms with van der Waals surface area (Å²) in [6.45, 7) is -0.420. The Bertz CT molecular complexity index is 843. The van der Waals surface area contributed by atoms with Crippen molar-refractivity contribution >= 4 is 39.6 Å². The van der Waals surface area contributed by atoms with Crippen LogP contribution in [0.3, 0.4) is 0 Å². The number of methoxy groups -OCH3 is 1. The van der Waals surface area contributed by atoms with Gasteiger partial charge in [-0.3, -0.25) is 0 Å². The maximum atomic E-state index is 10.7. The lowest BCUT2D eigenvalue weighted by atomic mass is 10.2. The van der Waals surface area contributed by atoms with Gasteiger partial charge in [0.2, 0.25) is 0 Å². The highest BCUT2D eigenvalue weighted by Crippen LogP contribution is 2.37. The quantitative estimate of drug-likeness (QED) is 0.615. The number of nitrogens with one attached hydrogen (secondary N) is 1. The van der Waals surface area contributed by atoms with Crippen LogP contribution in [0.2, 0.25) is 0 Å². The summed E-state index contributed by atoms with van der Waals surface area (Å²) in [5.41, 5.74) is 2.66. The first-order chi connectivity index (χ1) is 11.1. The summed E-state index contributed by atoms with van der Waals surface area (Å²) in [7, 11) is 1.52. The average Bonchev–Trinajstić information content (AvgIpc) is 2.96. The molecular weight excluding hydrogens is 411 g/mol. The number of hydrogen-bond acceptors (Lipinski definition) is 4. The van der Waals surface area contributed by atoms with Crippen molar-refractivity contribution in [2.45, 2.75) is 0 Å². The number of H-pyrrole nitrogens is 1. The molecule has 2 N–H and O–H groups in total. The van der Waals surface area contributed by atoms with Crippen LogP contribution in [0, 0.1) is 3.57 Å². The lowest BCUT2D eigenvalue weighted by Crippen LogP contribution is -2.11. The Labute approximate surface area is 145 Å². The van der Waals surface area contributed by atoms with Gasteiger partial charge in [-0.25, -0.2) is 9.78 Å². The van der Waals surface area contributed by atoms with Gasteiger partial charge in [0.1, 0.15) is 5.82 Å². The van der Waals surface area contributed by atoms with Crippen LogP contribution in [0.1, 0.15) is 0 Å². The van der Waals surface area contributed by atoms with Crippen LogP contribution < -0.4 is 9.47 Å². The highest BCUT2D eigenvalue weighted by molar-refractivity contribution is 14.1. The minimum Gasteiger partial charge on any atom is -0.493 e. The van der Waals surface area contributed by atoms with Gasteiger partial charge in [-0.05, 0) is 46.9 Å². The zero-order valence-electron chi connectivity index (χ0n) is 12.2. The summed E-state index contributed by atoms with van der Waals surface area (Å²) >= 11 is 2.09. The van der Waals surface area contributed by atoms with Gasteiger partial charge in [-0.2, -0.15) is 0 Å². The number of carboxylic acids is 1. The Morgan fingerprint density at radius 1 is 1.35 bits per heavy atom. The fourth-order valence-electron chi connectivity index (χ4n) is 2.22. The molecule has 0 radical (unpaired) electrons. The van der Waals surface area contributed by atoms with E-state index in [4.69, 9.17) is 14.6 Å². The van der Waals surface area contributed by atoms with E-state index < -0.39 is 12.6 Å². The third-order valence-corrected chi connectivity index (χ3v) is 4.03. The molecule has 2 aromatic carbocycles. The van der Waals surface area contributed by atoms with Gasteiger partial charge in [-0.15, -0.1) is 0 Å². The molecule has 3 aromatic rings. The van der Waals surface area contributed by atoms with Crippen molar-refractivity contribution in [2.24, 2.45) is 0 Å².